The van der Waals surface area contributed by atoms with E-state index in [9.17, 15) is 4.79 Å². The number of amides is 1. The SMILES string of the molecule is COc1ccc(NC(=O)c2cccc3c(Cl)cccc23)cc1N. The molecule has 3 aromatic rings. The second-order valence-corrected chi connectivity index (χ2v) is 5.46. The van der Waals surface area contributed by atoms with Crippen molar-refractivity contribution in [3.63, 3.8) is 0 Å². The Morgan fingerprint density at radius 1 is 1.09 bits per heavy atom. The third-order valence-corrected chi connectivity index (χ3v) is 3.93. The zero-order valence-corrected chi connectivity index (χ0v) is 13.2. The first-order valence-electron chi connectivity index (χ1n) is 7.02. The lowest BCUT2D eigenvalue weighted by Crippen LogP contribution is -2.12. The highest BCUT2D eigenvalue weighted by Crippen LogP contribution is 2.28. The van der Waals surface area contributed by atoms with Gasteiger partial charge in [-0.15, -0.1) is 0 Å². The summed E-state index contributed by atoms with van der Waals surface area (Å²) in [6, 6.07) is 16.1. The van der Waals surface area contributed by atoms with Gasteiger partial charge in [0, 0.05) is 21.7 Å². The van der Waals surface area contributed by atoms with Crippen molar-refractivity contribution in [1.82, 2.24) is 0 Å². The van der Waals surface area contributed by atoms with E-state index in [1.165, 1.54) is 0 Å². The highest BCUT2D eigenvalue weighted by molar-refractivity contribution is 6.36. The lowest BCUT2D eigenvalue weighted by Gasteiger charge is -2.11. The smallest absolute Gasteiger partial charge is 0.256 e. The molecule has 1 amide bonds. The van der Waals surface area contributed by atoms with Gasteiger partial charge in [0.25, 0.3) is 5.91 Å². The van der Waals surface area contributed by atoms with Gasteiger partial charge in [-0.25, -0.2) is 0 Å². The Labute approximate surface area is 138 Å². The van der Waals surface area contributed by atoms with Crippen LogP contribution in [0.15, 0.2) is 54.6 Å². The number of benzene rings is 3. The summed E-state index contributed by atoms with van der Waals surface area (Å²) in [6.07, 6.45) is 0. The lowest BCUT2D eigenvalue weighted by molar-refractivity contribution is 0.102. The van der Waals surface area contributed by atoms with Gasteiger partial charge in [-0.3, -0.25) is 4.79 Å². The standard InChI is InChI=1S/C18H15ClN2O2/c1-23-17-9-8-11(10-16(17)20)21-18(22)14-6-2-5-13-12(14)4-3-7-15(13)19/h2-10H,20H2,1H3,(H,21,22). The summed E-state index contributed by atoms with van der Waals surface area (Å²) in [5.41, 5.74) is 7.49. The normalized spacial score (nSPS) is 10.5. The van der Waals surface area contributed by atoms with E-state index in [0.29, 0.717) is 27.7 Å². The molecular weight excluding hydrogens is 312 g/mol. The molecule has 0 atom stereocenters. The number of carbonyl (C=O) groups is 1. The predicted molar refractivity (Wildman–Crippen MR) is 94.3 cm³/mol. The summed E-state index contributed by atoms with van der Waals surface area (Å²) in [4.78, 5) is 12.6. The zero-order valence-electron chi connectivity index (χ0n) is 12.5. The Balaban J connectivity index is 1.95. The van der Waals surface area contributed by atoms with E-state index in [0.717, 1.165) is 10.8 Å². The van der Waals surface area contributed by atoms with E-state index in [1.54, 1.807) is 37.4 Å². The van der Waals surface area contributed by atoms with Crippen LogP contribution in [0.4, 0.5) is 11.4 Å². The highest BCUT2D eigenvalue weighted by Gasteiger charge is 2.12. The van der Waals surface area contributed by atoms with Crippen LogP contribution in [0.5, 0.6) is 5.75 Å². The second-order valence-electron chi connectivity index (χ2n) is 5.05. The fourth-order valence-corrected chi connectivity index (χ4v) is 2.72. The molecule has 0 bridgehead atoms. The Bertz CT molecular complexity index is 893. The second kappa shape index (κ2) is 6.18. The Kier molecular flexibility index (Phi) is 4.08. The molecule has 0 radical (unpaired) electrons. The van der Waals surface area contributed by atoms with Crippen molar-refractivity contribution in [3.05, 3.63) is 65.2 Å². The molecule has 0 saturated carbocycles. The summed E-state index contributed by atoms with van der Waals surface area (Å²) in [5, 5.41) is 5.11. The molecule has 0 saturated heterocycles. The fourth-order valence-electron chi connectivity index (χ4n) is 2.48. The first kappa shape index (κ1) is 15.2. The summed E-state index contributed by atoms with van der Waals surface area (Å²) in [6.45, 7) is 0. The van der Waals surface area contributed by atoms with Gasteiger partial charge in [-0.1, -0.05) is 35.9 Å². The topological polar surface area (TPSA) is 64.3 Å². The molecule has 0 aliphatic carbocycles. The van der Waals surface area contributed by atoms with Crippen LogP contribution in [0.1, 0.15) is 10.4 Å². The monoisotopic (exact) mass is 326 g/mol. The molecule has 0 aromatic heterocycles. The van der Waals surface area contributed by atoms with Gasteiger partial charge >= 0.3 is 0 Å². The molecule has 0 aliphatic heterocycles. The Hall–Kier alpha value is -2.72. The van der Waals surface area contributed by atoms with Crippen LogP contribution >= 0.6 is 11.6 Å². The first-order valence-corrected chi connectivity index (χ1v) is 7.40. The van der Waals surface area contributed by atoms with Crippen LogP contribution in [0, 0.1) is 0 Å². The fraction of sp³-hybridized carbons (Fsp3) is 0.0556. The van der Waals surface area contributed by atoms with E-state index >= 15 is 0 Å². The molecule has 0 fully saturated rings. The van der Waals surface area contributed by atoms with E-state index in [-0.39, 0.29) is 5.91 Å². The average molecular weight is 327 g/mol. The number of hydrogen-bond donors (Lipinski definition) is 2. The molecule has 0 aliphatic rings. The van der Waals surface area contributed by atoms with E-state index in [4.69, 9.17) is 22.1 Å². The average Bonchev–Trinajstić information content (AvgIpc) is 2.55. The largest absolute Gasteiger partial charge is 0.495 e. The third kappa shape index (κ3) is 2.94. The van der Waals surface area contributed by atoms with E-state index in [2.05, 4.69) is 5.32 Å². The number of fused-ring (bicyclic) bond motifs is 1. The summed E-state index contributed by atoms with van der Waals surface area (Å²) in [7, 11) is 1.55. The molecule has 116 valence electrons. The molecule has 0 heterocycles. The van der Waals surface area contributed by atoms with Crippen molar-refractivity contribution in [2.24, 2.45) is 0 Å². The van der Waals surface area contributed by atoms with Crippen molar-refractivity contribution < 1.29 is 9.53 Å². The van der Waals surface area contributed by atoms with Crippen molar-refractivity contribution >= 4 is 39.7 Å². The lowest BCUT2D eigenvalue weighted by atomic mass is 10.0. The predicted octanol–water partition coefficient (Wildman–Crippen LogP) is 4.34. The maximum absolute atomic E-state index is 12.6. The van der Waals surface area contributed by atoms with E-state index in [1.807, 2.05) is 24.3 Å². The molecule has 4 nitrogen and oxygen atoms in total. The molecule has 23 heavy (non-hydrogen) atoms. The molecular formula is C18H15ClN2O2. The zero-order chi connectivity index (χ0) is 16.4. The number of anilines is 2. The first-order chi connectivity index (χ1) is 11.1. The highest BCUT2D eigenvalue weighted by atomic mass is 35.5. The van der Waals surface area contributed by atoms with Crippen LogP contribution in [0.2, 0.25) is 5.02 Å². The summed E-state index contributed by atoms with van der Waals surface area (Å²) < 4.78 is 5.11. The van der Waals surface area contributed by atoms with Crippen molar-refractivity contribution in [1.29, 1.82) is 0 Å². The third-order valence-electron chi connectivity index (χ3n) is 3.60. The van der Waals surface area contributed by atoms with Gasteiger partial charge in [-0.2, -0.15) is 0 Å². The maximum Gasteiger partial charge on any atom is 0.256 e. The molecule has 0 unspecified atom stereocenters. The van der Waals surface area contributed by atoms with Gasteiger partial charge in [0.2, 0.25) is 0 Å². The van der Waals surface area contributed by atoms with Crippen molar-refractivity contribution in [2.75, 3.05) is 18.2 Å². The molecule has 5 heteroatoms. The molecule has 3 N–H and O–H groups in total. The minimum absolute atomic E-state index is 0.220. The quantitative estimate of drug-likeness (QED) is 0.704. The maximum atomic E-state index is 12.6. The van der Waals surface area contributed by atoms with Gasteiger partial charge in [0.05, 0.1) is 12.8 Å². The number of halogens is 1. The Morgan fingerprint density at radius 2 is 1.83 bits per heavy atom. The van der Waals surface area contributed by atoms with Gasteiger partial charge < -0.3 is 15.8 Å². The molecule has 0 spiro atoms. The minimum Gasteiger partial charge on any atom is -0.495 e. The summed E-state index contributed by atoms with van der Waals surface area (Å²) >= 11 is 6.19. The van der Waals surface area contributed by atoms with Crippen molar-refractivity contribution in [3.8, 4) is 5.75 Å². The number of nitrogens with one attached hydrogen (secondary N) is 1. The van der Waals surface area contributed by atoms with Crippen LogP contribution in [-0.2, 0) is 0 Å². The number of hydrogen-bond acceptors (Lipinski definition) is 3. The number of methoxy groups -OCH3 is 1. The summed E-state index contributed by atoms with van der Waals surface area (Å²) in [5.74, 6) is 0.349. The van der Waals surface area contributed by atoms with Crippen LogP contribution in [-0.4, -0.2) is 13.0 Å². The van der Waals surface area contributed by atoms with Crippen LogP contribution < -0.4 is 15.8 Å². The number of ether oxygens (including phenoxy) is 1. The minimum atomic E-state index is -0.220. The van der Waals surface area contributed by atoms with Gasteiger partial charge in [-0.05, 0) is 35.7 Å². The molecule has 3 aromatic carbocycles. The van der Waals surface area contributed by atoms with Gasteiger partial charge in [0.1, 0.15) is 5.75 Å². The number of nitrogens with two attached hydrogens (primary N) is 1. The number of rotatable bonds is 3. The van der Waals surface area contributed by atoms with Gasteiger partial charge in [0.15, 0.2) is 0 Å². The van der Waals surface area contributed by atoms with Crippen LogP contribution in [0.25, 0.3) is 10.8 Å². The molecule has 3 rings (SSSR count). The van der Waals surface area contributed by atoms with Crippen molar-refractivity contribution in [2.45, 2.75) is 0 Å². The number of carbonyl (C=O) groups excluding carboxylic acids is 1. The van der Waals surface area contributed by atoms with Crippen LogP contribution in [0.3, 0.4) is 0 Å². The Morgan fingerprint density at radius 3 is 2.57 bits per heavy atom. The van der Waals surface area contributed by atoms with E-state index < -0.39 is 0 Å². The number of nitrogen functional groups attached to an aromatic ring is 1.